The van der Waals surface area contributed by atoms with Crippen molar-refractivity contribution in [2.75, 3.05) is 19.8 Å². The second-order valence-electron chi connectivity index (χ2n) is 3.87. The van der Waals surface area contributed by atoms with Crippen molar-refractivity contribution in [3.05, 3.63) is 18.3 Å². The lowest BCUT2D eigenvalue weighted by molar-refractivity contribution is 0.0765. The van der Waals surface area contributed by atoms with E-state index in [4.69, 9.17) is 4.74 Å². The number of nitrogens with one attached hydrogen (secondary N) is 2. The Morgan fingerprint density at radius 2 is 2.50 bits per heavy atom. The molecule has 84 valence electrons. The van der Waals surface area contributed by atoms with E-state index in [1.165, 1.54) is 6.33 Å². The largest absolute Gasteiger partial charge is 0.379 e. The lowest BCUT2D eigenvalue weighted by Gasteiger charge is -2.22. The van der Waals surface area contributed by atoms with Gasteiger partial charge in [0.15, 0.2) is 5.65 Å². The van der Waals surface area contributed by atoms with Crippen LogP contribution in [0.2, 0.25) is 0 Å². The number of hydrogen-bond acceptors (Lipinski definition) is 5. The van der Waals surface area contributed by atoms with Crippen LogP contribution in [0.3, 0.4) is 0 Å². The number of rotatable bonds is 2. The average molecular weight is 219 g/mol. The van der Waals surface area contributed by atoms with E-state index in [2.05, 4.69) is 25.3 Å². The zero-order chi connectivity index (χ0) is 10.8. The van der Waals surface area contributed by atoms with Gasteiger partial charge in [-0.15, -0.1) is 0 Å². The fraction of sp³-hybridized carbons (Fsp3) is 0.500. The predicted octanol–water partition coefficient (Wildman–Crippen LogP) is -0.116. The lowest BCUT2D eigenvalue weighted by atomic mass is 10.2. The van der Waals surface area contributed by atoms with Gasteiger partial charge in [0.1, 0.15) is 17.7 Å². The summed E-state index contributed by atoms with van der Waals surface area (Å²) >= 11 is 0. The molecule has 1 unspecified atom stereocenters. The normalized spacial score (nSPS) is 21.4. The summed E-state index contributed by atoms with van der Waals surface area (Å²) in [4.78, 5) is 15.7. The van der Waals surface area contributed by atoms with Crippen molar-refractivity contribution in [1.29, 1.82) is 0 Å². The topological polar surface area (TPSA) is 75.7 Å². The minimum absolute atomic E-state index is 0.335. The van der Waals surface area contributed by atoms with Crippen LogP contribution in [0, 0.1) is 0 Å². The van der Waals surface area contributed by atoms with Crippen LogP contribution in [-0.4, -0.2) is 45.7 Å². The van der Waals surface area contributed by atoms with Crippen LogP contribution in [0.25, 0.3) is 11.2 Å². The molecular formula is C10H13N5O. The summed E-state index contributed by atoms with van der Waals surface area (Å²) in [6.45, 7) is 2.44. The Hall–Kier alpha value is -1.53. The average Bonchev–Trinajstić information content (AvgIpc) is 2.72. The Morgan fingerprint density at radius 3 is 3.31 bits per heavy atom. The highest BCUT2D eigenvalue weighted by Crippen LogP contribution is 2.08. The van der Waals surface area contributed by atoms with Gasteiger partial charge in [-0.2, -0.15) is 0 Å². The molecule has 0 saturated carbocycles. The molecule has 3 rings (SSSR count). The highest BCUT2D eigenvalue weighted by molar-refractivity contribution is 5.68. The first-order chi connectivity index (χ1) is 7.92. The van der Waals surface area contributed by atoms with Crippen LogP contribution in [0.4, 0.5) is 0 Å². The van der Waals surface area contributed by atoms with Crippen LogP contribution in [-0.2, 0) is 11.2 Å². The molecule has 6 heteroatoms. The Labute approximate surface area is 92.5 Å². The SMILES string of the molecule is c1ncc2[nH]c(CC3COCCN3)nc2n1. The van der Waals surface area contributed by atoms with E-state index in [1.54, 1.807) is 6.20 Å². The molecule has 0 bridgehead atoms. The second kappa shape index (κ2) is 4.15. The van der Waals surface area contributed by atoms with Gasteiger partial charge in [0.2, 0.25) is 0 Å². The summed E-state index contributed by atoms with van der Waals surface area (Å²) < 4.78 is 5.40. The number of fused-ring (bicyclic) bond motifs is 1. The summed E-state index contributed by atoms with van der Waals surface area (Å²) in [5, 5.41) is 3.39. The standard InChI is InChI=1S/C10H13N5O/c1-2-16-5-7(12-1)3-9-14-8-4-11-6-13-10(8)15-9/h4,6-7,12H,1-3,5H2,(H,11,13,14,15). The zero-order valence-electron chi connectivity index (χ0n) is 8.81. The van der Waals surface area contributed by atoms with Crippen molar-refractivity contribution >= 4 is 11.2 Å². The van der Waals surface area contributed by atoms with Crippen LogP contribution < -0.4 is 5.32 Å². The van der Waals surface area contributed by atoms with Gasteiger partial charge in [-0.3, -0.25) is 0 Å². The van der Waals surface area contributed by atoms with Gasteiger partial charge in [-0.1, -0.05) is 0 Å². The van der Waals surface area contributed by atoms with Gasteiger partial charge in [-0.05, 0) is 0 Å². The molecule has 3 heterocycles. The molecule has 16 heavy (non-hydrogen) atoms. The van der Waals surface area contributed by atoms with Crippen molar-refractivity contribution in [3.8, 4) is 0 Å². The second-order valence-corrected chi connectivity index (χ2v) is 3.87. The minimum atomic E-state index is 0.335. The monoisotopic (exact) mass is 219 g/mol. The first-order valence-electron chi connectivity index (χ1n) is 5.37. The maximum absolute atomic E-state index is 5.40. The van der Waals surface area contributed by atoms with Crippen LogP contribution >= 0.6 is 0 Å². The van der Waals surface area contributed by atoms with E-state index in [0.717, 1.165) is 43.2 Å². The van der Waals surface area contributed by atoms with E-state index in [9.17, 15) is 0 Å². The number of imidazole rings is 1. The third-order valence-electron chi connectivity index (χ3n) is 2.65. The maximum Gasteiger partial charge on any atom is 0.180 e. The fourth-order valence-electron chi connectivity index (χ4n) is 1.89. The molecule has 0 aliphatic carbocycles. The Balaban J connectivity index is 1.78. The third-order valence-corrected chi connectivity index (χ3v) is 2.65. The molecule has 0 aromatic carbocycles. The first kappa shape index (κ1) is 9.68. The summed E-state index contributed by atoms with van der Waals surface area (Å²) in [7, 11) is 0. The van der Waals surface area contributed by atoms with Gasteiger partial charge in [-0.25, -0.2) is 15.0 Å². The zero-order valence-corrected chi connectivity index (χ0v) is 8.81. The van der Waals surface area contributed by atoms with Crippen LogP contribution in [0.15, 0.2) is 12.5 Å². The number of morpholine rings is 1. The van der Waals surface area contributed by atoms with Crippen molar-refractivity contribution in [2.24, 2.45) is 0 Å². The number of aromatic nitrogens is 4. The lowest BCUT2D eigenvalue weighted by Crippen LogP contribution is -2.42. The van der Waals surface area contributed by atoms with Crippen LogP contribution in [0.5, 0.6) is 0 Å². The number of hydrogen-bond donors (Lipinski definition) is 2. The quantitative estimate of drug-likeness (QED) is 0.736. The number of aromatic amines is 1. The van der Waals surface area contributed by atoms with Gasteiger partial charge in [0.05, 0.1) is 19.4 Å². The van der Waals surface area contributed by atoms with Gasteiger partial charge in [0.25, 0.3) is 0 Å². The molecule has 0 amide bonds. The predicted molar refractivity (Wildman–Crippen MR) is 58.0 cm³/mol. The van der Waals surface area contributed by atoms with E-state index in [0.29, 0.717) is 6.04 Å². The molecule has 0 radical (unpaired) electrons. The number of nitrogens with zero attached hydrogens (tertiary/aromatic N) is 3. The van der Waals surface area contributed by atoms with Crippen molar-refractivity contribution in [1.82, 2.24) is 25.3 Å². The Bertz CT molecular complexity index is 444. The summed E-state index contributed by atoms with van der Waals surface area (Å²) in [5.74, 6) is 0.929. The molecule has 1 saturated heterocycles. The fourth-order valence-corrected chi connectivity index (χ4v) is 1.89. The molecule has 1 fully saturated rings. The number of H-pyrrole nitrogens is 1. The molecule has 1 atom stereocenters. The van der Waals surface area contributed by atoms with E-state index in [1.807, 2.05) is 0 Å². The summed E-state index contributed by atoms with van der Waals surface area (Å²) in [6, 6.07) is 0.335. The number of ether oxygens (including phenoxy) is 1. The minimum Gasteiger partial charge on any atom is -0.379 e. The van der Waals surface area contributed by atoms with Crippen molar-refractivity contribution in [3.63, 3.8) is 0 Å². The molecule has 1 aliphatic rings. The molecule has 2 N–H and O–H groups in total. The molecule has 1 aliphatic heterocycles. The van der Waals surface area contributed by atoms with Crippen LogP contribution in [0.1, 0.15) is 5.82 Å². The van der Waals surface area contributed by atoms with E-state index in [-0.39, 0.29) is 0 Å². The maximum atomic E-state index is 5.40. The molecule has 2 aromatic heterocycles. The molecule has 0 spiro atoms. The highest BCUT2D eigenvalue weighted by Gasteiger charge is 2.15. The molecular weight excluding hydrogens is 206 g/mol. The highest BCUT2D eigenvalue weighted by atomic mass is 16.5. The van der Waals surface area contributed by atoms with E-state index < -0.39 is 0 Å². The third kappa shape index (κ3) is 1.89. The van der Waals surface area contributed by atoms with Gasteiger partial charge >= 0.3 is 0 Å². The van der Waals surface area contributed by atoms with Gasteiger partial charge in [0, 0.05) is 19.0 Å². The van der Waals surface area contributed by atoms with Crippen molar-refractivity contribution < 1.29 is 4.74 Å². The van der Waals surface area contributed by atoms with Gasteiger partial charge < -0.3 is 15.0 Å². The Morgan fingerprint density at radius 1 is 1.50 bits per heavy atom. The first-order valence-corrected chi connectivity index (χ1v) is 5.37. The molecule has 2 aromatic rings. The summed E-state index contributed by atoms with van der Waals surface area (Å²) in [5.41, 5.74) is 1.61. The van der Waals surface area contributed by atoms with E-state index >= 15 is 0 Å². The molecule has 6 nitrogen and oxygen atoms in total. The smallest absolute Gasteiger partial charge is 0.180 e. The Kier molecular flexibility index (Phi) is 2.51. The summed E-state index contributed by atoms with van der Waals surface area (Å²) in [6.07, 6.45) is 4.08. The van der Waals surface area contributed by atoms with Crippen molar-refractivity contribution in [2.45, 2.75) is 12.5 Å².